The van der Waals surface area contributed by atoms with Crippen molar-refractivity contribution in [2.45, 2.75) is 26.7 Å². The summed E-state index contributed by atoms with van der Waals surface area (Å²) >= 11 is 0. The fourth-order valence-corrected chi connectivity index (χ4v) is 4.34. The number of hydrogen-bond donors (Lipinski definition) is 1. The zero-order valence-electron chi connectivity index (χ0n) is 19.7. The van der Waals surface area contributed by atoms with Crippen LogP contribution in [-0.4, -0.2) is 66.8 Å². The molecule has 2 fully saturated rings. The van der Waals surface area contributed by atoms with E-state index in [0.717, 1.165) is 18.5 Å². The van der Waals surface area contributed by atoms with Gasteiger partial charge in [-0.2, -0.15) is 0 Å². The third-order valence-corrected chi connectivity index (χ3v) is 6.51. The van der Waals surface area contributed by atoms with Crippen LogP contribution in [0.15, 0.2) is 42.5 Å². The second kappa shape index (κ2) is 10.2. The van der Waals surface area contributed by atoms with E-state index in [9.17, 15) is 18.8 Å². The first-order chi connectivity index (χ1) is 16.4. The number of hydrogen-bond acceptors (Lipinski definition) is 4. The first-order valence-corrected chi connectivity index (χ1v) is 12.0. The van der Waals surface area contributed by atoms with Gasteiger partial charge in [0.05, 0.1) is 11.1 Å². The Kier molecular flexibility index (Phi) is 7.14. The molecule has 1 aliphatic carbocycles. The molecule has 3 amide bonds. The minimum absolute atomic E-state index is 0.0559. The molecule has 0 atom stereocenters. The summed E-state index contributed by atoms with van der Waals surface area (Å²) in [5.41, 5.74) is 1.63. The summed E-state index contributed by atoms with van der Waals surface area (Å²) in [6.07, 6.45) is 1.98. The molecule has 1 heterocycles. The standard InChI is InChI=1S/C26H31FN4O3/c1-3-29(4-2)26(34)21-17-19(28-24(32)20-7-5-6-8-22(20)27)11-12-23(21)30-13-15-31(16-14-30)25(33)18-9-10-18/h5-8,11-12,17-18H,3-4,9-10,13-16H2,1-2H3,(H,28,32). The molecule has 2 aliphatic rings. The number of piperazine rings is 1. The minimum atomic E-state index is -0.602. The van der Waals surface area contributed by atoms with Crippen LogP contribution in [0.2, 0.25) is 0 Å². The average molecular weight is 467 g/mol. The molecule has 1 saturated carbocycles. The van der Waals surface area contributed by atoms with Crippen molar-refractivity contribution in [3.05, 3.63) is 59.4 Å². The molecule has 1 saturated heterocycles. The molecule has 0 radical (unpaired) electrons. The molecule has 2 aromatic rings. The van der Waals surface area contributed by atoms with Crippen molar-refractivity contribution in [3.8, 4) is 0 Å². The number of nitrogens with one attached hydrogen (secondary N) is 1. The van der Waals surface area contributed by atoms with Gasteiger partial charge >= 0.3 is 0 Å². The molecule has 1 aliphatic heterocycles. The van der Waals surface area contributed by atoms with E-state index in [1.54, 1.807) is 23.1 Å². The minimum Gasteiger partial charge on any atom is -0.367 e. The molecule has 8 heteroatoms. The maximum Gasteiger partial charge on any atom is 0.258 e. The molecule has 0 unspecified atom stereocenters. The molecule has 180 valence electrons. The van der Waals surface area contributed by atoms with Gasteiger partial charge in [-0.15, -0.1) is 0 Å². The van der Waals surface area contributed by atoms with Crippen LogP contribution in [0.1, 0.15) is 47.4 Å². The number of anilines is 2. The van der Waals surface area contributed by atoms with Crippen molar-refractivity contribution < 1.29 is 18.8 Å². The number of benzene rings is 2. The zero-order chi connectivity index (χ0) is 24.2. The molecule has 7 nitrogen and oxygen atoms in total. The molecule has 34 heavy (non-hydrogen) atoms. The highest BCUT2D eigenvalue weighted by Crippen LogP contribution is 2.32. The highest BCUT2D eigenvalue weighted by Gasteiger charge is 2.35. The van der Waals surface area contributed by atoms with Gasteiger partial charge in [0.1, 0.15) is 5.82 Å². The summed E-state index contributed by atoms with van der Waals surface area (Å²) in [4.78, 5) is 44.2. The van der Waals surface area contributed by atoms with Crippen LogP contribution in [0, 0.1) is 11.7 Å². The molecule has 0 bridgehead atoms. The van der Waals surface area contributed by atoms with Crippen LogP contribution in [0.4, 0.5) is 15.8 Å². The number of rotatable bonds is 7. The van der Waals surface area contributed by atoms with Crippen LogP contribution in [0.5, 0.6) is 0 Å². The van der Waals surface area contributed by atoms with Gasteiger partial charge in [0, 0.05) is 56.6 Å². The fourth-order valence-electron chi connectivity index (χ4n) is 4.34. The summed E-state index contributed by atoms with van der Waals surface area (Å²) in [7, 11) is 0. The van der Waals surface area contributed by atoms with E-state index in [0.29, 0.717) is 50.5 Å². The first kappa shape index (κ1) is 23.7. The highest BCUT2D eigenvalue weighted by molar-refractivity contribution is 6.06. The number of amides is 3. The monoisotopic (exact) mass is 466 g/mol. The Hall–Kier alpha value is -3.42. The molecule has 0 aromatic heterocycles. The van der Waals surface area contributed by atoms with E-state index in [1.807, 2.05) is 24.8 Å². The Morgan fingerprint density at radius 2 is 1.65 bits per heavy atom. The quantitative estimate of drug-likeness (QED) is 0.677. The molecule has 4 rings (SSSR count). The summed E-state index contributed by atoms with van der Waals surface area (Å²) < 4.78 is 14.0. The van der Waals surface area contributed by atoms with Crippen molar-refractivity contribution in [2.24, 2.45) is 5.92 Å². The van der Waals surface area contributed by atoms with Gasteiger partial charge in [-0.1, -0.05) is 12.1 Å². The van der Waals surface area contributed by atoms with E-state index in [2.05, 4.69) is 10.2 Å². The molecule has 0 spiro atoms. The van der Waals surface area contributed by atoms with Crippen LogP contribution in [0.3, 0.4) is 0 Å². The lowest BCUT2D eigenvalue weighted by Crippen LogP contribution is -2.49. The van der Waals surface area contributed by atoms with Crippen LogP contribution < -0.4 is 10.2 Å². The largest absolute Gasteiger partial charge is 0.367 e. The highest BCUT2D eigenvalue weighted by atomic mass is 19.1. The molecular weight excluding hydrogens is 435 g/mol. The second-order valence-corrected chi connectivity index (χ2v) is 8.73. The third-order valence-electron chi connectivity index (χ3n) is 6.51. The summed E-state index contributed by atoms with van der Waals surface area (Å²) in [5.74, 6) is -0.860. The van der Waals surface area contributed by atoms with Gasteiger partial charge in [0.25, 0.3) is 11.8 Å². The maximum atomic E-state index is 14.0. The number of nitrogens with zero attached hydrogens (tertiary/aromatic N) is 3. The van der Waals surface area contributed by atoms with Crippen LogP contribution >= 0.6 is 0 Å². The van der Waals surface area contributed by atoms with Gasteiger partial charge in [-0.25, -0.2) is 4.39 Å². The maximum absolute atomic E-state index is 14.0. The Bertz CT molecular complexity index is 1070. The normalized spacial score (nSPS) is 15.7. The fraction of sp³-hybridized carbons (Fsp3) is 0.423. The lowest BCUT2D eigenvalue weighted by atomic mass is 10.1. The Morgan fingerprint density at radius 3 is 2.26 bits per heavy atom. The van der Waals surface area contributed by atoms with Gasteiger partial charge < -0.3 is 20.0 Å². The molecule has 1 N–H and O–H groups in total. The summed E-state index contributed by atoms with van der Waals surface area (Å²) in [5, 5.41) is 2.72. The predicted molar refractivity (Wildman–Crippen MR) is 130 cm³/mol. The lowest BCUT2D eigenvalue weighted by Gasteiger charge is -2.37. The Morgan fingerprint density at radius 1 is 0.971 bits per heavy atom. The molecular formula is C26H31FN4O3. The lowest BCUT2D eigenvalue weighted by molar-refractivity contribution is -0.132. The van der Waals surface area contributed by atoms with Gasteiger partial charge in [0.2, 0.25) is 5.91 Å². The van der Waals surface area contributed by atoms with Crippen molar-refractivity contribution in [3.63, 3.8) is 0 Å². The van der Waals surface area contributed by atoms with Gasteiger partial charge in [-0.05, 0) is 57.0 Å². The van der Waals surface area contributed by atoms with E-state index >= 15 is 0 Å². The van der Waals surface area contributed by atoms with Crippen LogP contribution in [0.25, 0.3) is 0 Å². The first-order valence-electron chi connectivity index (χ1n) is 12.0. The van der Waals surface area contributed by atoms with Crippen molar-refractivity contribution in [2.75, 3.05) is 49.5 Å². The van der Waals surface area contributed by atoms with Crippen molar-refractivity contribution in [1.29, 1.82) is 0 Å². The predicted octanol–water partition coefficient (Wildman–Crippen LogP) is 3.62. The Balaban J connectivity index is 1.57. The number of halogens is 1. The number of carbonyl (C=O) groups is 3. The topological polar surface area (TPSA) is 73.0 Å². The summed E-state index contributed by atoms with van der Waals surface area (Å²) in [6.45, 7) is 7.49. The average Bonchev–Trinajstić information content (AvgIpc) is 3.70. The van der Waals surface area contributed by atoms with E-state index in [1.165, 1.54) is 18.2 Å². The van der Waals surface area contributed by atoms with Crippen molar-refractivity contribution in [1.82, 2.24) is 9.80 Å². The van der Waals surface area contributed by atoms with E-state index in [-0.39, 0.29) is 23.3 Å². The zero-order valence-corrected chi connectivity index (χ0v) is 19.7. The van der Waals surface area contributed by atoms with E-state index in [4.69, 9.17) is 0 Å². The second-order valence-electron chi connectivity index (χ2n) is 8.73. The smallest absolute Gasteiger partial charge is 0.258 e. The van der Waals surface area contributed by atoms with Crippen molar-refractivity contribution >= 4 is 29.1 Å². The summed E-state index contributed by atoms with van der Waals surface area (Å²) in [6, 6.07) is 11.0. The van der Waals surface area contributed by atoms with Gasteiger partial charge in [-0.3, -0.25) is 14.4 Å². The number of carbonyl (C=O) groups excluding carboxylic acids is 3. The third kappa shape index (κ3) is 5.05. The van der Waals surface area contributed by atoms with Gasteiger partial charge in [0.15, 0.2) is 0 Å². The van der Waals surface area contributed by atoms with Crippen LogP contribution in [-0.2, 0) is 4.79 Å². The Labute approximate surface area is 199 Å². The van der Waals surface area contributed by atoms with E-state index < -0.39 is 11.7 Å². The molecule has 2 aromatic carbocycles. The SMILES string of the molecule is CCN(CC)C(=O)c1cc(NC(=O)c2ccccc2F)ccc1N1CCN(C(=O)C2CC2)CC1.